The van der Waals surface area contributed by atoms with Gasteiger partial charge in [-0.3, -0.25) is 4.68 Å². The van der Waals surface area contributed by atoms with Crippen LogP contribution in [0.2, 0.25) is 0 Å². The maximum absolute atomic E-state index is 10.9. The minimum absolute atomic E-state index is 0.195. The summed E-state index contributed by atoms with van der Waals surface area (Å²) in [7, 11) is 0. The maximum atomic E-state index is 10.9. The Morgan fingerprint density at radius 3 is 2.87 bits per heavy atom. The van der Waals surface area contributed by atoms with Crippen LogP contribution in [0.15, 0.2) is 17.0 Å². The predicted octanol–water partition coefficient (Wildman–Crippen LogP) is 1.72. The van der Waals surface area contributed by atoms with Crippen LogP contribution in [0.25, 0.3) is 11.4 Å². The highest BCUT2D eigenvalue weighted by Gasteiger charge is 2.14. The molecule has 6 heteroatoms. The van der Waals surface area contributed by atoms with Crippen molar-refractivity contribution in [2.75, 3.05) is 0 Å². The Kier molecular flexibility index (Phi) is 2.51. The van der Waals surface area contributed by atoms with Crippen molar-refractivity contribution in [1.29, 1.82) is 0 Å². The number of nitrogens with zero attached hydrogens (tertiary/aromatic N) is 3. The van der Waals surface area contributed by atoms with E-state index in [1.54, 1.807) is 11.6 Å². The fraction of sp³-hybridized carbons (Fsp3) is 0.222. The molecule has 15 heavy (non-hydrogen) atoms. The largest absolute Gasteiger partial charge is 0.477 e. The quantitative estimate of drug-likeness (QED) is 0.860. The van der Waals surface area contributed by atoms with Gasteiger partial charge in [-0.15, -0.1) is 11.3 Å². The van der Waals surface area contributed by atoms with Crippen molar-refractivity contribution in [3.05, 3.63) is 22.7 Å². The summed E-state index contributed by atoms with van der Waals surface area (Å²) >= 11 is 1.46. The minimum Gasteiger partial charge on any atom is -0.477 e. The average molecular weight is 223 g/mol. The van der Waals surface area contributed by atoms with Crippen LogP contribution in [0.3, 0.4) is 0 Å². The van der Waals surface area contributed by atoms with E-state index < -0.39 is 5.97 Å². The van der Waals surface area contributed by atoms with Gasteiger partial charge >= 0.3 is 5.97 Å². The lowest BCUT2D eigenvalue weighted by Crippen LogP contribution is -2.07. The van der Waals surface area contributed by atoms with Gasteiger partial charge < -0.3 is 5.11 Å². The lowest BCUT2D eigenvalue weighted by Gasteiger charge is -1.97. The van der Waals surface area contributed by atoms with Gasteiger partial charge in [0.15, 0.2) is 0 Å². The summed E-state index contributed by atoms with van der Waals surface area (Å²) in [6.45, 7) is 2.38. The van der Waals surface area contributed by atoms with Crippen LogP contribution in [0, 0.1) is 0 Å². The Labute approximate surface area is 90.0 Å². The highest BCUT2D eigenvalue weighted by molar-refractivity contribution is 7.07. The monoisotopic (exact) mass is 223 g/mol. The standard InChI is InChI=1S/C9H9N3O2S/c1-2-12-8(9(13)14)3-6(11-12)7-4-15-5-10-7/h3-5H,2H2,1H3,(H,13,14). The second-order valence-corrected chi connectivity index (χ2v) is 3.63. The highest BCUT2D eigenvalue weighted by Crippen LogP contribution is 2.18. The van der Waals surface area contributed by atoms with Crippen LogP contribution >= 0.6 is 11.3 Å². The van der Waals surface area contributed by atoms with E-state index in [0.717, 1.165) is 5.69 Å². The van der Waals surface area contributed by atoms with E-state index in [0.29, 0.717) is 12.2 Å². The van der Waals surface area contributed by atoms with Gasteiger partial charge in [-0.1, -0.05) is 0 Å². The molecule has 0 saturated carbocycles. The molecule has 0 saturated heterocycles. The number of hydrogen-bond donors (Lipinski definition) is 1. The molecule has 2 aromatic rings. The van der Waals surface area contributed by atoms with Crippen molar-refractivity contribution >= 4 is 17.3 Å². The van der Waals surface area contributed by atoms with Gasteiger partial charge in [-0.25, -0.2) is 9.78 Å². The number of hydrogen-bond acceptors (Lipinski definition) is 4. The number of rotatable bonds is 3. The molecule has 1 N–H and O–H groups in total. The summed E-state index contributed by atoms with van der Waals surface area (Å²) in [4.78, 5) is 15.0. The first-order valence-corrected chi connectivity index (χ1v) is 5.36. The maximum Gasteiger partial charge on any atom is 0.354 e. The van der Waals surface area contributed by atoms with Crippen LogP contribution in [-0.2, 0) is 6.54 Å². The summed E-state index contributed by atoms with van der Waals surface area (Å²) in [5.74, 6) is -0.967. The molecule has 0 atom stereocenters. The molecule has 0 aliphatic carbocycles. The second kappa shape index (κ2) is 3.82. The van der Waals surface area contributed by atoms with Gasteiger partial charge in [-0.05, 0) is 6.92 Å². The Morgan fingerprint density at radius 2 is 2.40 bits per heavy atom. The average Bonchev–Trinajstić information content (AvgIpc) is 2.86. The van der Waals surface area contributed by atoms with Gasteiger partial charge in [-0.2, -0.15) is 5.10 Å². The van der Waals surface area contributed by atoms with E-state index in [9.17, 15) is 4.79 Å². The van der Waals surface area contributed by atoms with Crippen LogP contribution in [0.5, 0.6) is 0 Å². The molecule has 2 heterocycles. The number of aromatic nitrogens is 3. The third-order valence-electron chi connectivity index (χ3n) is 1.99. The lowest BCUT2D eigenvalue weighted by atomic mass is 10.3. The van der Waals surface area contributed by atoms with E-state index in [1.807, 2.05) is 12.3 Å². The fourth-order valence-corrected chi connectivity index (χ4v) is 1.84. The number of thiazole rings is 1. The predicted molar refractivity (Wildman–Crippen MR) is 56.0 cm³/mol. The third kappa shape index (κ3) is 1.75. The topological polar surface area (TPSA) is 68.0 Å². The zero-order chi connectivity index (χ0) is 10.8. The molecule has 78 valence electrons. The van der Waals surface area contributed by atoms with Gasteiger partial charge in [0.1, 0.15) is 17.1 Å². The van der Waals surface area contributed by atoms with Crippen LogP contribution in [0.4, 0.5) is 0 Å². The van der Waals surface area contributed by atoms with E-state index in [1.165, 1.54) is 16.0 Å². The summed E-state index contributed by atoms with van der Waals surface area (Å²) in [5.41, 5.74) is 3.21. The molecule has 0 aliphatic rings. The number of carbonyl (C=O) groups is 1. The van der Waals surface area contributed by atoms with Crippen molar-refractivity contribution in [2.45, 2.75) is 13.5 Å². The summed E-state index contributed by atoms with van der Waals surface area (Å²) in [6.07, 6.45) is 0. The fourth-order valence-electron chi connectivity index (χ4n) is 1.29. The van der Waals surface area contributed by atoms with E-state index in [-0.39, 0.29) is 5.69 Å². The number of carboxylic acid groups (broad SMARTS) is 1. The van der Waals surface area contributed by atoms with Crippen molar-refractivity contribution < 1.29 is 9.90 Å². The van der Waals surface area contributed by atoms with E-state index >= 15 is 0 Å². The van der Waals surface area contributed by atoms with Crippen LogP contribution in [0.1, 0.15) is 17.4 Å². The molecular formula is C9H9N3O2S. The molecule has 0 bridgehead atoms. The summed E-state index contributed by atoms with van der Waals surface area (Å²) < 4.78 is 1.46. The molecule has 0 radical (unpaired) electrons. The third-order valence-corrected chi connectivity index (χ3v) is 2.58. The van der Waals surface area contributed by atoms with E-state index in [4.69, 9.17) is 5.11 Å². The lowest BCUT2D eigenvalue weighted by molar-refractivity contribution is 0.0683. The molecule has 0 fully saturated rings. The molecule has 0 spiro atoms. The normalized spacial score (nSPS) is 10.5. The molecule has 5 nitrogen and oxygen atoms in total. The summed E-state index contributed by atoms with van der Waals surface area (Å²) in [6, 6.07) is 1.54. The summed E-state index contributed by atoms with van der Waals surface area (Å²) in [5, 5.41) is 14.9. The Hall–Kier alpha value is -1.69. The van der Waals surface area contributed by atoms with E-state index in [2.05, 4.69) is 10.1 Å². The highest BCUT2D eigenvalue weighted by atomic mass is 32.1. The molecular weight excluding hydrogens is 214 g/mol. The van der Waals surface area contributed by atoms with Crippen molar-refractivity contribution in [1.82, 2.24) is 14.8 Å². The zero-order valence-electron chi connectivity index (χ0n) is 8.04. The minimum atomic E-state index is -0.967. The van der Waals surface area contributed by atoms with Gasteiger partial charge in [0.05, 0.1) is 5.51 Å². The van der Waals surface area contributed by atoms with Crippen molar-refractivity contribution in [3.8, 4) is 11.4 Å². The number of carboxylic acids is 1. The molecule has 0 amide bonds. The molecule has 2 aromatic heterocycles. The van der Waals surface area contributed by atoms with Crippen LogP contribution in [-0.4, -0.2) is 25.8 Å². The first-order valence-electron chi connectivity index (χ1n) is 4.42. The van der Waals surface area contributed by atoms with Crippen molar-refractivity contribution in [2.24, 2.45) is 0 Å². The van der Waals surface area contributed by atoms with Gasteiger partial charge in [0.25, 0.3) is 0 Å². The molecule has 2 rings (SSSR count). The number of aromatic carboxylic acids is 1. The number of aryl methyl sites for hydroxylation is 1. The van der Waals surface area contributed by atoms with Gasteiger partial charge in [0, 0.05) is 18.0 Å². The Bertz CT molecular complexity index is 476. The Balaban J connectivity index is 2.48. The SMILES string of the molecule is CCn1nc(-c2cscn2)cc1C(=O)O. The first-order chi connectivity index (χ1) is 7.22. The van der Waals surface area contributed by atoms with Gasteiger partial charge in [0.2, 0.25) is 0 Å². The second-order valence-electron chi connectivity index (χ2n) is 2.91. The van der Waals surface area contributed by atoms with Crippen LogP contribution < -0.4 is 0 Å². The smallest absolute Gasteiger partial charge is 0.354 e. The zero-order valence-corrected chi connectivity index (χ0v) is 8.86. The van der Waals surface area contributed by atoms with Crippen molar-refractivity contribution in [3.63, 3.8) is 0 Å². The molecule has 0 aromatic carbocycles. The molecule has 0 unspecified atom stereocenters. The first kappa shape index (κ1) is 9.85. The molecule has 0 aliphatic heterocycles. The Morgan fingerprint density at radius 1 is 1.60 bits per heavy atom.